The van der Waals surface area contributed by atoms with Gasteiger partial charge in [0.05, 0.1) is 18.4 Å². The molecule has 3 nitrogen and oxygen atoms in total. The second-order valence-corrected chi connectivity index (χ2v) is 3.09. The van der Waals surface area contributed by atoms with Gasteiger partial charge < -0.3 is 4.74 Å². The van der Waals surface area contributed by atoms with E-state index in [0.29, 0.717) is 11.8 Å². The van der Waals surface area contributed by atoms with Gasteiger partial charge in [0.1, 0.15) is 0 Å². The molecule has 1 heterocycles. The molecule has 0 saturated heterocycles. The summed E-state index contributed by atoms with van der Waals surface area (Å²) in [7, 11) is 0. The SMILES string of the molecule is CC(C)OCc1ccc(Cl)nn1. The van der Waals surface area contributed by atoms with Crippen LogP contribution in [0, 0.1) is 0 Å². The van der Waals surface area contributed by atoms with Crippen molar-refractivity contribution in [2.45, 2.75) is 26.6 Å². The molecule has 12 heavy (non-hydrogen) atoms. The first kappa shape index (κ1) is 9.42. The minimum atomic E-state index is 0.211. The molecule has 0 aromatic carbocycles. The average molecular weight is 187 g/mol. The average Bonchev–Trinajstić information content (AvgIpc) is 2.03. The molecule has 0 amide bonds. The lowest BCUT2D eigenvalue weighted by Gasteiger charge is -2.05. The van der Waals surface area contributed by atoms with Crippen LogP contribution in [0.3, 0.4) is 0 Å². The summed E-state index contributed by atoms with van der Waals surface area (Å²) in [5, 5.41) is 7.94. The van der Waals surface area contributed by atoms with Crippen LogP contribution in [0.2, 0.25) is 5.15 Å². The zero-order chi connectivity index (χ0) is 8.97. The van der Waals surface area contributed by atoms with Crippen molar-refractivity contribution in [3.63, 3.8) is 0 Å². The molecule has 66 valence electrons. The van der Waals surface area contributed by atoms with E-state index in [2.05, 4.69) is 10.2 Å². The molecule has 0 unspecified atom stereocenters. The van der Waals surface area contributed by atoms with E-state index in [-0.39, 0.29) is 6.10 Å². The summed E-state index contributed by atoms with van der Waals surface area (Å²) in [5.41, 5.74) is 0.799. The molecule has 0 aliphatic heterocycles. The monoisotopic (exact) mass is 186 g/mol. The Labute approximate surface area is 76.7 Å². The standard InChI is InChI=1S/C8H11ClN2O/c1-6(2)12-5-7-3-4-8(9)11-10-7/h3-4,6H,5H2,1-2H3. The number of aromatic nitrogens is 2. The topological polar surface area (TPSA) is 35.0 Å². The molecule has 0 N–H and O–H groups in total. The van der Waals surface area contributed by atoms with Gasteiger partial charge in [0.25, 0.3) is 0 Å². The quantitative estimate of drug-likeness (QED) is 0.725. The van der Waals surface area contributed by atoms with Gasteiger partial charge in [-0.25, -0.2) is 0 Å². The Morgan fingerprint density at radius 3 is 2.67 bits per heavy atom. The van der Waals surface area contributed by atoms with Crippen LogP contribution in [-0.4, -0.2) is 16.3 Å². The third-order valence-corrected chi connectivity index (χ3v) is 1.45. The molecule has 0 bridgehead atoms. The van der Waals surface area contributed by atoms with Crippen LogP contribution in [0.5, 0.6) is 0 Å². The fourth-order valence-corrected chi connectivity index (χ4v) is 0.773. The Hall–Kier alpha value is -0.670. The van der Waals surface area contributed by atoms with Crippen molar-refractivity contribution in [3.8, 4) is 0 Å². The highest BCUT2D eigenvalue weighted by Crippen LogP contribution is 2.03. The molecule has 0 fully saturated rings. The van der Waals surface area contributed by atoms with Crippen LogP contribution in [0.1, 0.15) is 19.5 Å². The van der Waals surface area contributed by atoms with Crippen molar-refractivity contribution in [3.05, 3.63) is 23.0 Å². The Bertz CT molecular complexity index is 235. The van der Waals surface area contributed by atoms with Crippen LogP contribution in [0.25, 0.3) is 0 Å². The molecule has 0 spiro atoms. The van der Waals surface area contributed by atoms with E-state index in [9.17, 15) is 0 Å². The second kappa shape index (κ2) is 4.38. The van der Waals surface area contributed by atoms with Gasteiger partial charge in [-0.1, -0.05) is 11.6 Å². The molecule has 4 heteroatoms. The first-order valence-electron chi connectivity index (χ1n) is 3.78. The maximum Gasteiger partial charge on any atom is 0.151 e. The Balaban J connectivity index is 2.48. The smallest absolute Gasteiger partial charge is 0.151 e. The Morgan fingerprint density at radius 1 is 1.42 bits per heavy atom. The Morgan fingerprint density at radius 2 is 2.17 bits per heavy atom. The molecule has 0 aliphatic rings. The lowest BCUT2D eigenvalue weighted by atomic mass is 10.4. The predicted molar refractivity (Wildman–Crippen MR) is 47.0 cm³/mol. The van der Waals surface area contributed by atoms with Gasteiger partial charge in [-0.15, -0.1) is 5.10 Å². The minimum absolute atomic E-state index is 0.211. The maximum absolute atomic E-state index is 5.56. The van der Waals surface area contributed by atoms with E-state index < -0.39 is 0 Å². The highest BCUT2D eigenvalue weighted by atomic mass is 35.5. The van der Waals surface area contributed by atoms with Crippen molar-refractivity contribution in [1.29, 1.82) is 0 Å². The normalized spacial score (nSPS) is 10.7. The summed E-state index contributed by atoms with van der Waals surface area (Å²) in [6.45, 7) is 4.44. The number of halogens is 1. The lowest BCUT2D eigenvalue weighted by molar-refractivity contribution is 0.0631. The first-order valence-corrected chi connectivity index (χ1v) is 4.16. The van der Waals surface area contributed by atoms with Gasteiger partial charge in [0.15, 0.2) is 5.15 Å². The molecule has 0 atom stereocenters. The number of rotatable bonds is 3. The van der Waals surface area contributed by atoms with Crippen molar-refractivity contribution >= 4 is 11.6 Å². The van der Waals surface area contributed by atoms with E-state index in [1.54, 1.807) is 12.1 Å². The van der Waals surface area contributed by atoms with E-state index in [0.717, 1.165) is 5.69 Å². The maximum atomic E-state index is 5.56. The van der Waals surface area contributed by atoms with Crippen molar-refractivity contribution < 1.29 is 4.74 Å². The van der Waals surface area contributed by atoms with Gasteiger partial charge >= 0.3 is 0 Å². The van der Waals surface area contributed by atoms with Gasteiger partial charge in [0, 0.05) is 0 Å². The highest BCUT2D eigenvalue weighted by molar-refractivity contribution is 6.29. The van der Waals surface area contributed by atoms with Crippen LogP contribution in [0.15, 0.2) is 12.1 Å². The summed E-state index contributed by atoms with van der Waals surface area (Å²) in [6, 6.07) is 3.51. The summed E-state index contributed by atoms with van der Waals surface area (Å²) >= 11 is 5.56. The summed E-state index contributed by atoms with van der Waals surface area (Å²) < 4.78 is 5.32. The minimum Gasteiger partial charge on any atom is -0.372 e. The molecule has 1 rings (SSSR count). The number of nitrogens with zero attached hydrogens (tertiary/aromatic N) is 2. The largest absolute Gasteiger partial charge is 0.372 e. The molecule has 0 radical (unpaired) electrons. The first-order chi connectivity index (χ1) is 5.68. The fraction of sp³-hybridized carbons (Fsp3) is 0.500. The third kappa shape index (κ3) is 3.15. The highest BCUT2D eigenvalue weighted by Gasteiger charge is 1.97. The van der Waals surface area contributed by atoms with Crippen molar-refractivity contribution in [1.82, 2.24) is 10.2 Å². The van der Waals surface area contributed by atoms with Gasteiger partial charge in [-0.3, -0.25) is 0 Å². The van der Waals surface area contributed by atoms with Gasteiger partial charge in [-0.05, 0) is 26.0 Å². The van der Waals surface area contributed by atoms with Crippen molar-refractivity contribution in [2.24, 2.45) is 0 Å². The van der Waals surface area contributed by atoms with Crippen molar-refractivity contribution in [2.75, 3.05) is 0 Å². The zero-order valence-corrected chi connectivity index (χ0v) is 7.88. The number of ether oxygens (including phenoxy) is 1. The van der Waals surface area contributed by atoms with Crippen LogP contribution < -0.4 is 0 Å². The lowest BCUT2D eigenvalue weighted by Crippen LogP contribution is -2.04. The molecule has 1 aromatic heterocycles. The molecular weight excluding hydrogens is 176 g/mol. The van der Waals surface area contributed by atoms with Crippen LogP contribution >= 0.6 is 11.6 Å². The molecule has 1 aromatic rings. The zero-order valence-electron chi connectivity index (χ0n) is 7.12. The predicted octanol–water partition coefficient (Wildman–Crippen LogP) is 2.05. The van der Waals surface area contributed by atoms with Gasteiger partial charge in [-0.2, -0.15) is 5.10 Å². The summed E-state index contributed by atoms with van der Waals surface area (Å²) in [5.74, 6) is 0. The molecular formula is C8H11ClN2O. The number of hydrogen-bond acceptors (Lipinski definition) is 3. The third-order valence-electron chi connectivity index (χ3n) is 1.25. The van der Waals surface area contributed by atoms with Crippen LogP contribution in [-0.2, 0) is 11.3 Å². The number of hydrogen-bond donors (Lipinski definition) is 0. The molecule has 0 saturated carbocycles. The van der Waals surface area contributed by atoms with E-state index in [1.165, 1.54) is 0 Å². The fourth-order valence-electron chi connectivity index (χ4n) is 0.673. The van der Waals surface area contributed by atoms with Gasteiger partial charge in [0.2, 0.25) is 0 Å². The molecule has 0 aliphatic carbocycles. The summed E-state index contributed by atoms with van der Waals surface area (Å²) in [4.78, 5) is 0. The Kier molecular flexibility index (Phi) is 3.44. The summed E-state index contributed by atoms with van der Waals surface area (Å²) in [6.07, 6.45) is 0.211. The van der Waals surface area contributed by atoms with E-state index >= 15 is 0 Å². The van der Waals surface area contributed by atoms with E-state index in [1.807, 2.05) is 13.8 Å². The van der Waals surface area contributed by atoms with E-state index in [4.69, 9.17) is 16.3 Å². The second-order valence-electron chi connectivity index (χ2n) is 2.71. The van der Waals surface area contributed by atoms with Crippen LogP contribution in [0.4, 0.5) is 0 Å².